The molecule has 1 unspecified atom stereocenters. The molecule has 1 aliphatic heterocycles. The summed E-state index contributed by atoms with van der Waals surface area (Å²) in [5.74, 6) is 2.82. The number of hydrogen-bond acceptors (Lipinski definition) is 4. The lowest BCUT2D eigenvalue weighted by molar-refractivity contribution is 0.441. The van der Waals surface area contributed by atoms with Crippen molar-refractivity contribution in [1.82, 2.24) is 25.1 Å². The first-order chi connectivity index (χ1) is 9.75. The third-order valence-electron chi connectivity index (χ3n) is 3.76. The van der Waals surface area contributed by atoms with Crippen molar-refractivity contribution in [2.45, 2.75) is 39.3 Å². The average Bonchev–Trinajstić information content (AvgIpc) is 2.89. The Balaban J connectivity index is 1.87. The molecule has 0 aliphatic carbocycles. The van der Waals surface area contributed by atoms with Crippen LogP contribution in [0.5, 0.6) is 0 Å². The van der Waals surface area contributed by atoms with Gasteiger partial charge in [0.2, 0.25) is 0 Å². The maximum atomic E-state index is 4.42. The van der Waals surface area contributed by atoms with Gasteiger partial charge in [-0.15, -0.1) is 10.2 Å². The minimum absolute atomic E-state index is 0.109. The van der Waals surface area contributed by atoms with Crippen molar-refractivity contribution in [2.24, 2.45) is 5.92 Å². The second kappa shape index (κ2) is 5.71. The van der Waals surface area contributed by atoms with Crippen molar-refractivity contribution in [3.63, 3.8) is 0 Å². The highest BCUT2D eigenvalue weighted by atomic mass is 15.3. The number of hydrogen-bond donors (Lipinski definition) is 1. The van der Waals surface area contributed by atoms with Crippen molar-refractivity contribution in [1.29, 1.82) is 0 Å². The fourth-order valence-electron chi connectivity index (χ4n) is 2.63. The third kappa shape index (κ3) is 2.58. The van der Waals surface area contributed by atoms with E-state index in [0.717, 1.165) is 43.1 Å². The topological polar surface area (TPSA) is 55.6 Å². The molecule has 5 heteroatoms. The Hall–Kier alpha value is -1.75. The summed E-state index contributed by atoms with van der Waals surface area (Å²) in [5.41, 5.74) is 1.15. The van der Waals surface area contributed by atoms with E-state index in [2.05, 4.69) is 45.0 Å². The predicted octanol–water partition coefficient (Wildman–Crippen LogP) is 1.95. The highest BCUT2D eigenvalue weighted by Gasteiger charge is 2.26. The van der Waals surface area contributed by atoms with Crippen molar-refractivity contribution >= 4 is 0 Å². The van der Waals surface area contributed by atoms with Gasteiger partial charge in [0.25, 0.3) is 0 Å². The largest absolute Gasteiger partial charge is 0.312 e. The van der Waals surface area contributed by atoms with Gasteiger partial charge < -0.3 is 9.88 Å². The van der Waals surface area contributed by atoms with E-state index in [1.54, 1.807) is 6.20 Å². The van der Waals surface area contributed by atoms with E-state index in [-0.39, 0.29) is 6.04 Å². The van der Waals surface area contributed by atoms with Crippen molar-refractivity contribution in [3.8, 4) is 0 Å². The first kappa shape index (κ1) is 13.2. The Morgan fingerprint density at radius 3 is 3.05 bits per heavy atom. The summed E-state index contributed by atoms with van der Waals surface area (Å²) in [7, 11) is 0. The van der Waals surface area contributed by atoms with E-state index >= 15 is 0 Å². The normalized spacial score (nSPS) is 18.2. The van der Waals surface area contributed by atoms with E-state index in [4.69, 9.17) is 0 Å². The van der Waals surface area contributed by atoms with Gasteiger partial charge in [-0.05, 0) is 24.0 Å². The Bertz CT molecular complexity index is 561. The van der Waals surface area contributed by atoms with Crippen LogP contribution in [-0.4, -0.2) is 26.3 Å². The molecule has 1 atom stereocenters. The van der Waals surface area contributed by atoms with E-state index in [1.165, 1.54) is 0 Å². The van der Waals surface area contributed by atoms with Crippen LogP contribution in [0.2, 0.25) is 0 Å². The number of nitrogens with zero attached hydrogens (tertiary/aromatic N) is 4. The summed E-state index contributed by atoms with van der Waals surface area (Å²) in [5, 5.41) is 12.3. The third-order valence-corrected chi connectivity index (χ3v) is 3.76. The summed E-state index contributed by atoms with van der Waals surface area (Å²) < 4.78 is 2.27. The first-order valence-electron chi connectivity index (χ1n) is 7.31. The molecule has 3 rings (SSSR count). The fraction of sp³-hybridized carbons (Fsp3) is 0.533. The molecule has 5 nitrogen and oxygen atoms in total. The highest BCUT2D eigenvalue weighted by Crippen LogP contribution is 2.24. The standard InChI is InChI=1S/C15H21N5/c1-11(2)5-6-13-18-19-15-14(17-8-9-20(13)15)12-4-3-7-16-10-12/h3-4,7,10-11,14,17H,5-6,8-9H2,1-2H3. The fourth-order valence-corrected chi connectivity index (χ4v) is 2.63. The van der Waals surface area contributed by atoms with Gasteiger partial charge in [0.05, 0.1) is 6.04 Å². The Morgan fingerprint density at radius 2 is 2.30 bits per heavy atom. The molecular weight excluding hydrogens is 250 g/mol. The van der Waals surface area contributed by atoms with Gasteiger partial charge in [-0.2, -0.15) is 0 Å². The molecule has 20 heavy (non-hydrogen) atoms. The molecule has 2 aromatic rings. The molecule has 0 radical (unpaired) electrons. The number of nitrogens with one attached hydrogen (secondary N) is 1. The molecular formula is C15H21N5. The van der Waals surface area contributed by atoms with E-state index in [0.29, 0.717) is 5.92 Å². The van der Waals surface area contributed by atoms with Crippen LogP contribution in [0.25, 0.3) is 0 Å². The monoisotopic (exact) mass is 271 g/mol. The minimum Gasteiger partial charge on any atom is -0.312 e. The van der Waals surface area contributed by atoms with Crippen molar-refractivity contribution in [3.05, 3.63) is 41.7 Å². The van der Waals surface area contributed by atoms with Crippen LogP contribution >= 0.6 is 0 Å². The Kier molecular flexibility index (Phi) is 3.78. The lowest BCUT2D eigenvalue weighted by Gasteiger charge is -2.25. The summed E-state index contributed by atoms with van der Waals surface area (Å²) in [4.78, 5) is 4.20. The Morgan fingerprint density at radius 1 is 1.40 bits per heavy atom. The van der Waals surface area contributed by atoms with Gasteiger partial charge in [-0.3, -0.25) is 4.98 Å². The van der Waals surface area contributed by atoms with Crippen LogP contribution in [0.1, 0.15) is 43.5 Å². The van der Waals surface area contributed by atoms with Crippen molar-refractivity contribution < 1.29 is 0 Å². The molecule has 1 N–H and O–H groups in total. The van der Waals surface area contributed by atoms with Gasteiger partial charge >= 0.3 is 0 Å². The molecule has 0 saturated heterocycles. The smallest absolute Gasteiger partial charge is 0.154 e. The van der Waals surface area contributed by atoms with Gasteiger partial charge in [0.15, 0.2) is 5.82 Å². The number of rotatable bonds is 4. The van der Waals surface area contributed by atoms with Gasteiger partial charge in [0.1, 0.15) is 5.82 Å². The zero-order valence-electron chi connectivity index (χ0n) is 12.1. The molecule has 106 valence electrons. The molecule has 3 heterocycles. The first-order valence-corrected chi connectivity index (χ1v) is 7.31. The van der Waals surface area contributed by atoms with Crippen LogP contribution < -0.4 is 5.32 Å². The summed E-state index contributed by atoms with van der Waals surface area (Å²) in [6, 6.07) is 4.16. The highest BCUT2D eigenvalue weighted by molar-refractivity contribution is 5.23. The van der Waals surface area contributed by atoms with Crippen LogP contribution in [0, 0.1) is 5.92 Å². The minimum atomic E-state index is 0.109. The summed E-state index contributed by atoms with van der Waals surface area (Å²) in [6.45, 7) is 6.38. The zero-order valence-corrected chi connectivity index (χ0v) is 12.1. The predicted molar refractivity (Wildman–Crippen MR) is 77.3 cm³/mol. The zero-order chi connectivity index (χ0) is 13.9. The van der Waals surface area contributed by atoms with Crippen LogP contribution in [0.3, 0.4) is 0 Å². The van der Waals surface area contributed by atoms with E-state index in [1.807, 2.05) is 12.3 Å². The molecule has 2 aromatic heterocycles. The van der Waals surface area contributed by atoms with Crippen LogP contribution in [0.4, 0.5) is 0 Å². The molecule has 0 saturated carbocycles. The average molecular weight is 271 g/mol. The number of pyridine rings is 1. The molecule has 0 amide bonds. The number of fused-ring (bicyclic) bond motifs is 1. The van der Waals surface area contributed by atoms with E-state index in [9.17, 15) is 0 Å². The van der Waals surface area contributed by atoms with Crippen molar-refractivity contribution in [2.75, 3.05) is 6.54 Å². The molecule has 0 fully saturated rings. The molecule has 0 spiro atoms. The Labute approximate surface area is 119 Å². The maximum absolute atomic E-state index is 4.42. The molecule has 0 bridgehead atoms. The number of aryl methyl sites for hydroxylation is 1. The summed E-state index contributed by atoms with van der Waals surface area (Å²) in [6.07, 6.45) is 5.86. The quantitative estimate of drug-likeness (QED) is 0.923. The van der Waals surface area contributed by atoms with Crippen LogP contribution in [-0.2, 0) is 13.0 Å². The SMILES string of the molecule is CC(C)CCc1nnc2n1CCNC2c1cccnc1. The maximum Gasteiger partial charge on any atom is 0.154 e. The lowest BCUT2D eigenvalue weighted by Crippen LogP contribution is -2.35. The molecule has 1 aliphatic rings. The van der Waals surface area contributed by atoms with Gasteiger partial charge in [0, 0.05) is 31.9 Å². The van der Waals surface area contributed by atoms with Gasteiger partial charge in [-0.1, -0.05) is 19.9 Å². The number of aromatic nitrogens is 4. The lowest BCUT2D eigenvalue weighted by atomic mass is 10.1. The van der Waals surface area contributed by atoms with Crippen LogP contribution in [0.15, 0.2) is 24.5 Å². The van der Waals surface area contributed by atoms with E-state index < -0.39 is 0 Å². The summed E-state index contributed by atoms with van der Waals surface area (Å²) >= 11 is 0. The second-order valence-corrected chi connectivity index (χ2v) is 5.73. The van der Waals surface area contributed by atoms with Gasteiger partial charge in [-0.25, -0.2) is 0 Å². The molecule has 0 aromatic carbocycles. The second-order valence-electron chi connectivity index (χ2n) is 5.73.